The number of allylic oxidation sites excluding steroid dienone is 3. The maximum absolute atomic E-state index is 12.0. The lowest BCUT2D eigenvalue weighted by Crippen LogP contribution is -2.03. The summed E-state index contributed by atoms with van der Waals surface area (Å²) in [6.07, 6.45) is 13.6. The van der Waals surface area contributed by atoms with Crippen LogP contribution in [-0.2, 0) is 9.53 Å². The predicted molar refractivity (Wildman–Crippen MR) is 142 cm³/mol. The molecule has 0 saturated heterocycles. The van der Waals surface area contributed by atoms with Gasteiger partial charge in [-0.05, 0) is 44.1 Å². The van der Waals surface area contributed by atoms with E-state index in [4.69, 9.17) is 9.72 Å². The van der Waals surface area contributed by atoms with Crippen molar-refractivity contribution >= 4 is 33.9 Å². The van der Waals surface area contributed by atoms with Gasteiger partial charge in [0.2, 0.25) is 0 Å². The number of fused-ring (bicyclic) bond motifs is 1. The number of hydrogen-bond acceptors (Lipinski definition) is 5. The third kappa shape index (κ3) is 8.81. The van der Waals surface area contributed by atoms with E-state index in [0.29, 0.717) is 5.57 Å². The first kappa shape index (κ1) is 28.0. The van der Waals surface area contributed by atoms with Crippen LogP contribution in [0.1, 0.15) is 65.3 Å². The molecule has 5 nitrogen and oxygen atoms in total. The standard InChI is InChI=1S/C20H21N3O2S.C4H10.C3H6/c1-4-5-7-14(20(24)25-3)10-13(2)19-23-17(12-26-19)16-11-22-18-15(16)8-6-9-21-18;1-3-4-2;1-3-2/h6-12H,4-5H2,1-3H3,(H,21,22);3-4H2,1-2H3;3H,1H2,2H3/b13-10+,14-7+;;. The number of carbonyl (C=O) groups is 1. The second-order valence-electron chi connectivity index (χ2n) is 7.32. The summed E-state index contributed by atoms with van der Waals surface area (Å²) in [5.74, 6) is -0.322. The molecule has 6 heteroatoms. The van der Waals surface area contributed by atoms with Crippen molar-refractivity contribution in [1.82, 2.24) is 15.0 Å². The smallest absolute Gasteiger partial charge is 0.337 e. The molecule has 0 atom stereocenters. The molecule has 3 rings (SSSR count). The summed E-state index contributed by atoms with van der Waals surface area (Å²) < 4.78 is 4.88. The van der Waals surface area contributed by atoms with Crippen molar-refractivity contribution in [3.8, 4) is 11.3 Å². The molecule has 3 aromatic rings. The first-order chi connectivity index (χ1) is 16.0. The molecule has 178 valence electrons. The van der Waals surface area contributed by atoms with Crippen LogP contribution in [0.2, 0.25) is 0 Å². The fourth-order valence-corrected chi connectivity index (χ4v) is 3.46. The number of methoxy groups -OCH3 is 1. The van der Waals surface area contributed by atoms with Crippen molar-refractivity contribution in [3.63, 3.8) is 0 Å². The molecule has 0 bridgehead atoms. The lowest BCUT2D eigenvalue weighted by atomic mass is 10.1. The number of H-pyrrole nitrogens is 1. The van der Waals surface area contributed by atoms with Crippen LogP contribution in [0.4, 0.5) is 0 Å². The minimum absolute atomic E-state index is 0.322. The van der Waals surface area contributed by atoms with Gasteiger partial charge in [0.1, 0.15) is 10.7 Å². The van der Waals surface area contributed by atoms with Crippen molar-refractivity contribution in [2.24, 2.45) is 0 Å². The molecule has 0 aliphatic carbocycles. The van der Waals surface area contributed by atoms with E-state index in [1.54, 1.807) is 23.6 Å². The van der Waals surface area contributed by atoms with E-state index in [9.17, 15) is 4.79 Å². The number of esters is 1. The van der Waals surface area contributed by atoms with Crippen LogP contribution in [0.25, 0.3) is 27.9 Å². The topological polar surface area (TPSA) is 67.9 Å². The zero-order valence-electron chi connectivity index (χ0n) is 20.8. The third-order valence-corrected chi connectivity index (χ3v) is 5.49. The molecule has 0 aliphatic heterocycles. The molecular weight excluding hydrogens is 430 g/mol. The number of thiazole rings is 1. The number of aromatic amines is 1. The van der Waals surface area contributed by atoms with E-state index in [-0.39, 0.29) is 5.97 Å². The van der Waals surface area contributed by atoms with E-state index in [2.05, 4.69) is 37.3 Å². The van der Waals surface area contributed by atoms with Crippen LogP contribution >= 0.6 is 11.3 Å². The molecule has 3 heterocycles. The Morgan fingerprint density at radius 3 is 2.55 bits per heavy atom. The van der Waals surface area contributed by atoms with Crippen LogP contribution in [0.3, 0.4) is 0 Å². The Kier molecular flexibility index (Phi) is 13.4. The van der Waals surface area contributed by atoms with Crippen molar-refractivity contribution in [3.05, 3.63) is 65.3 Å². The van der Waals surface area contributed by atoms with Gasteiger partial charge >= 0.3 is 5.97 Å². The summed E-state index contributed by atoms with van der Waals surface area (Å²) >= 11 is 1.56. The van der Waals surface area contributed by atoms with Crippen molar-refractivity contribution in [2.45, 2.75) is 60.3 Å². The monoisotopic (exact) mass is 467 g/mol. The number of nitrogens with one attached hydrogen (secondary N) is 1. The van der Waals surface area contributed by atoms with Crippen LogP contribution in [-0.4, -0.2) is 28.0 Å². The summed E-state index contributed by atoms with van der Waals surface area (Å²) in [6, 6.07) is 3.94. The highest BCUT2D eigenvalue weighted by Gasteiger charge is 2.13. The highest BCUT2D eigenvalue weighted by atomic mass is 32.1. The SMILES string of the molecule is C=CC.CCC/C=C(\C=C(/C)c1nc(-c2c[nH]c3ncccc23)cs1)C(=O)OC.CCCC. The largest absolute Gasteiger partial charge is 0.465 e. The Morgan fingerprint density at radius 2 is 1.94 bits per heavy atom. The maximum Gasteiger partial charge on any atom is 0.337 e. The van der Waals surface area contributed by atoms with Crippen LogP contribution < -0.4 is 0 Å². The van der Waals surface area contributed by atoms with Crippen LogP contribution in [0.15, 0.2) is 60.3 Å². The molecule has 33 heavy (non-hydrogen) atoms. The minimum Gasteiger partial charge on any atom is -0.465 e. The summed E-state index contributed by atoms with van der Waals surface area (Å²) in [4.78, 5) is 24.2. The fourth-order valence-electron chi connectivity index (χ4n) is 2.66. The minimum atomic E-state index is -0.322. The second-order valence-corrected chi connectivity index (χ2v) is 8.17. The molecule has 0 aromatic carbocycles. The van der Waals surface area contributed by atoms with Crippen molar-refractivity contribution < 1.29 is 9.53 Å². The van der Waals surface area contributed by atoms with Gasteiger partial charge in [-0.15, -0.1) is 17.9 Å². The molecule has 0 aliphatic rings. The van der Waals surface area contributed by atoms with E-state index in [1.165, 1.54) is 20.0 Å². The number of pyridine rings is 1. The molecule has 0 fully saturated rings. The highest BCUT2D eigenvalue weighted by Crippen LogP contribution is 2.31. The van der Waals surface area contributed by atoms with Crippen molar-refractivity contribution in [1.29, 1.82) is 0 Å². The Morgan fingerprint density at radius 1 is 1.24 bits per heavy atom. The van der Waals surface area contributed by atoms with Gasteiger partial charge in [-0.1, -0.05) is 52.2 Å². The number of nitrogens with zero attached hydrogens (tertiary/aromatic N) is 2. The molecule has 0 radical (unpaired) electrons. The van der Waals surface area contributed by atoms with Gasteiger partial charge in [-0.25, -0.2) is 14.8 Å². The molecule has 0 amide bonds. The summed E-state index contributed by atoms with van der Waals surface area (Å²) in [5.41, 5.74) is 4.28. The van der Waals surface area contributed by atoms with Gasteiger partial charge in [0.25, 0.3) is 0 Å². The van der Waals surface area contributed by atoms with Crippen LogP contribution in [0, 0.1) is 0 Å². The predicted octanol–water partition coefficient (Wildman–Crippen LogP) is 7.99. The van der Waals surface area contributed by atoms with E-state index >= 15 is 0 Å². The normalized spacial score (nSPS) is 11.2. The first-order valence-corrected chi connectivity index (χ1v) is 12.3. The zero-order valence-corrected chi connectivity index (χ0v) is 21.6. The summed E-state index contributed by atoms with van der Waals surface area (Å²) in [5, 5.41) is 3.95. The van der Waals surface area contributed by atoms with Gasteiger partial charge in [-0.3, -0.25) is 0 Å². The first-order valence-electron chi connectivity index (χ1n) is 11.4. The Hall–Kier alpha value is -2.99. The van der Waals surface area contributed by atoms with E-state index in [0.717, 1.165) is 45.7 Å². The maximum atomic E-state index is 12.0. The van der Waals surface area contributed by atoms with E-state index < -0.39 is 0 Å². The lowest BCUT2D eigenvalue weighted by molar-refractivity contribution is -0.135. The number of rotatable bonds is 7. The summed E-state index contributed by atoms with van der Waals surface area (Å²) in [6.45, 7) is 13.6. The number of unbranched alkanes of at least 4 members (excludes halogenated alkanes) is 2. The number of aromatic nitrogens is 3. The lowest BCUT2D eigenvalue weighted by Gasteiger charge is -2.02. The molecule has 1 N–H and O–H groups in total. The summed E-state index contributed by atoms with van der Waals surface area (Å²) in [7, 11) is 1.40. The molecule has 0 spiro atoms. The third-order valence-electron chi connectivity index (χ3n) is 4.51. The fraction of sp³-hybridized carbons (Fsp3) is 0.370. The zero-order chi connectivity index (χ0) is 24.6. The van der Waals surface area contributed by atoms with E-state index in [1.807, 2.05) is 49.7 Å². The van der Waals surface area contributed by atoms with Gasteiger partial charge in [0.05, 0.1) is 18.4 Å². The van der Waals surface area contributed by atoms with Gasteiger partial charge in [-0.2, -0.15) is 0 Å². The number of hydrogen-bond donors (Lipinski definition) is 1. The van der Waals surface area contributed by atoms with Crippen molar-refractivity contribution in [2.75, 3.05) is 7.11 Å². The van der Waals surface area contributed by atoms with Crippen LogP contribution in [0.5, 0.6) is 0 Å². The molecule has 0 unspecified atom stereocenters. The Bertz CT molecular complexity index is 1060. The quantitative estimate of drug-likeness (QED) is 0.165. The molecule has 0 saturated carbocycles. The Labute approximate surface area is 202 Å². The van der Waals surface area contributed by atoms with Gasteiger partial charge in [0, 0.05) is 28.7 Å². The average Bonchev–Trinajstić information content (AvgIpc) is 3.49. The second kappa shape index (κ2) is 15.8. The number of ether oxygens (including phenoxy) is 1. The highest BCUT2D eigenvalue weighted by molar-refractivity contribution is 7.11. The average molecular weight is 468 g/mol. The Balaban J connectivity index is 0.000000688. The molecular formula is C27H37N3O2S. The van der Waals surface area contributed by atoms with Gasteiger partial charge in [0.15, 0.2) is 0 Å². The van der Waals surface area contributed by atoms with Gasteiger partial charge < -0.3 is 9.72 Å². The molecule has 3 aromatic heterocycles. The number of carbonyl (C=O) groups excluding carboxylic acids is 1.